The van der Waals surface area contributed by atoms with E-state index in [0.29, 0.717) is 35.7 Å². The summed E-state index contributed by atoms with van der Waals surface area (Å²) in [5.74, 6) is 2.26. The zero-order valence-electron chi connectivity index (χ0n) is 14.8. The molecule has 6 nitrogen and oxygen atoms in total. The van der Waals surface area contributed by atoms with Crippen molar-refractivity contribution >= 4 is 5.91 Å². The van der Waals surface area contributed by atoms with Crippen LogP contribution in [0.5, 0.6) is 0 Å². The van der Waals surface area contributed by atoms with E-state index in [1.807, 2.05) is 0 Å². The first-order valence-electron chi connectivity index (χ1n) is 9.63. The third-order valence-electron chi connectivity index (χ3n) is 6.56. The van der Waals surface area contributed by atoms with Gasteiger partial charge in [-0.3, -0.25) is 9.69 Å². The Hall–Kier alpha value is -0.690. The molecule has 1 saturated carbocycles. The van der Waals surface area contributed by atoms with E-state index in [0.717, 1.165) is 65.6 Å². The molecule has 0 aromatic heterocycles. The van der Waals surface area contributed by atoms with Crippen LogP contribution in [0, 0.1) is 17.8 Å². The number of rotatable bonds is 6. The van der Waals surface area contributed by atoms with Crippen molar-refractivity contribution in [3.63, 3.8) is 0 Å². The minimum absolute atomic E-state index is 0.377. The third-order valence-corrected chi connectivity index (χ3v) is 6.56. The van der Waals surface area contributed by atoms with Crippen LogP contribution >= 0.6 is 0 Å². The van der Waals surface area contributed by atoms with Gasteiger partial charge in [0.2, 0.25) is 5.91 Å². The van der Waals surface area contributed by atoms with E-state index >= 15 is 0 Å². The molecule has 1 aliphatic carbocycles. The Morgan fingerprint density at radius 1 is 1.17 bits per heavy atom. The molecule has 24 heavy (non-hydrogen) atoms. The molecule has 0 aromatic carbocycles. The molecule has 3 heterocycles. The largest absolute Gasteiger partial charge is 0.379 e. The van der Waals surface area contributed by atoms with E-state index in [9.17, 15) is 4.79 Å². The molecule has 0 aromatic rings. The van der Waals surface area contributed by atoms with Gasteiger partial charge in [-0.25, -0.2) is 0 Å². The Balaban J connectivity index is 1.31. The molecule has 3 aliphatic heterocycles. The molecule has 4 aliphatic rings. The maximum Gasteiger partial charge on any atom is 0.223 e. The maximum atomic E-state index is 12.6. The van der Waals surface area contributed by atoms with Crippen molar-refractivity contribution < 1.29 is 14.3 Å². The molecule has 0 unspecified atom stereocenters. The predicted octanol–water partition coefficient (Wildman–Crippen LogP) is 0.180. The van der Waals surface area contributed by atoms with E-state index in [4.69, 9.17) is 9.47 Å². The fraction of sp³-hybridized carbons (Fsp3) is 0.944. The normalized spacial score (nSPS) is 37.7. The molecule has 6 heteroatoms. The molecule has 0 bridgehead atoms. The fourth-order valence-electron chi connectivity index (χ4n) is 4.96. The van der Waals surface area contributed by atoms with Crippen molar-refractivity contribution in [3.8, 4) is 0 Å². The SMILES string of the molecule is C[C@H]1C[C@@H]2[C@@H](CC(=O)N2CCN2CCOCC2)[C@@H]1CNC1COC1. The summed E-state index contributed by atoms with van der Waals surface area (Å²) in [6.45, 7) is 10.7. The van der Waals surface area contributed by atoms with Crippen LogP contribution in [0.25, 0.3) is 0 Å². The van der Waals surface area contributed by atoms with Crippen molar-refractivity contribution in [3.05, 3.63) is 0 Å². The first-order valence-corrected chi connectivity index (χ1v) is 9.63. The first kappa shape index (κ1) is 16.8. The minimum Gasteiger partial charge on any atom is -0.379 e. The molecule has 3 saturated heterocycles. The van der Waals surface area contributed by atoms with Crippen LogP contribution in [-0.2, 0) is 14.3 Å². The zero-order chi connectivity index (χ0) is 16.5. The number of hydrogen-bond acceptors (Lipinski definition) is 5. The van der Waals surface area contributed by atoms with Crippen LogP contribution in [0.15, 0.2) is 0 Å². The standard InChI is InChI=1S/C18H31N3O3/c1-13-8-17-15(16(13)10-19-14-11-24-12-14)9-18(22)21(17)3-2-20-4-6-23-7-5-20/h13-17,19H,2-12H2,1H3/t13-,15-,16+,17+/m0/s1. The lowest BCUT2D eigenvalue weighted by atomic mass is 9.88. The first-order chi connectivity index (χ1) is 11.7. The molecule has 4 rings (SSSR count). The highest BCUT2D eigenvalue weighted by molar-refractivity contribution is 5.79. The second-order valence-corrected chi connectivity index (χ2v) is 8.00. The number of hydrogen-bond donors (Lipinski definition) is 1. The molecule has 4 fully saturated rings. The number of carbonyl (C=O) groups excluding carboxylic acids is 1. The van der Waals surface area contributed by atoms with Gasteiger partial charge in [0.1, 0.15) is 0 Å². The number of carbonyl (C=O) groups is 1. The summed E-state index contributed by atoms with van der Waals surface area (Å²) in [6.07, 6.45) is 1.93. The number of likely N-dealkylation sites (tertiary alicyclic amines) is 1. The number of amides is 1. The number of ether oxygens (including phenoxy) is 2. The van der Waals surface area contributed by atoms with E-state index in [1.54, 1.807) is 0 Å². The second-order valence-electron chi connectivity index (χ2n) is 8.00. The Kier molecular flexibility index (Phi) is 5.08. The number of fused-ring (bicyclic) bond motifs is 1. The summed E-state index contributed by atoms with van der Waals surface area (Å²) in [5, 5.41) is 3.64. The average Bonchev–Trinajstić information content (AvgIpc) is 2.99. The fourth-order valence-corrected chi connectivity index (χ4v) is 4.96. The van der Waals surface area contributed by atoms with Crippen LogP contribution in [0.4, 0.5) is 0 Å². The van der Waals surface area contributed by atoms with Crippen LogP contribution in [0.3, 0.4) is 0 Å². The van der Waals surface area contributed by atoms with Gasteiger partial charge >= 0.3 is 0 Å². The van der Waals surface area contributed by atoms with E-state index in [1.165, 1.54) is 6.42 Å². The quantitative estimate of drug-likeness (QED) is 0.749. The minimum atomic E-state index is 0.377. The van der Waals surface area contributed by atoms with Gasteiger partial charge in [0.15, 0.2) is 0 Å². The van der Waals surface area contributed by atoms with Crippen molar-refractivity contribution in [1.82, 2.24) is 15.1 Å². The van der Waals surface area contributed by atoms with E-state index < -0.39 is 0 Å². The Morgan fingerprint density at radius 2 is 1.96 bits per heavy atom. The van der Waals surface area contributed by atoms with Gasteiger partial charge in [-0.15, -0.1) is 0 Å². The molecule has 4 atom stereocenters. The lowest BCUT2D eigenvalue weighted by Crippen LogP contribution is -2.48. The van der Waals surface area contributed by atoms with Crippen LogP contribution in [0.2, 0.25) is 0 Å². The van der Waals surface area contributed by atoms with Crippen LogP contribution in [-0.4, -0.2) is 86.9 Å². The molecule has 1 N–H and O–H groups in total. The van der Waals surface area contributed by atoms with Gasteiger partial charge in [-0.2, -0.15) is 0 Å². The molecule has 136 valence electrons. The molecule has 0 radical (unpaired) electrons. The van der Waals surface area contributed by atoms with E-state index in [2.05, 4.69) is 22.0 Å². The molecular formula is C18H31N3O3. The Morgan fingerprint density at radius 3 is 2.67 bits per heavy atom. The van der Waals surface area contributed by atoms with Gasteiger partial charge in [0.25, 0.3) is 0 Å². The monoisotopic (exact) mass is 337 g/mol. The zero-order valence-corrected chi connectivity index (χ0v) is 14.8. The third kappa shape index (κ3) is 3.34. The van der Waals surface area contributed by atoms with Crippen molar-refractivity contribution in [1.29, 1.82) is 0 Å². The van der Waals surface area contributed by atoms with Crippen molar-refractivity contribution in [2.75, 3.05) is 59.2 Å². The van der Waals surface area contributed by atoms with Crippen LogP contribution in [0.1, 0.15) is 19.8 Å². The number of nitrogens with zero attached hydrogens (tertiary/aromatic N) is 2. The summed E-state index contributed by atoms with van der Waals surface area (Å²) in [7, 11) is 0. The van der Waals surface area contributed by atoms with Crippen LogP contribution < -0.4 is 5.32 Å². The van der Waals surface area contributed by atoms with Gasteiger partial charge in [0.05, 0.1) is 32.5 Å². The Labute approximate surface area is 144 Å². The lowest BCUT2D eigenvalue weighted by Gasteiger charge is -2.31. The van der Waals surface area contributed by atoms with Gasteiger partial charge in [0, 0.05) is 38.6 Å². The second kappa shape index (κ2) is 7.28. The summed E-state index contributed by atoms with van der Waals surface area (Å²) < 4.78 is 10.7. The molecule has 1 amide bonds. The Bertz CT molecular complexity index is 451. The van der Waals surface area contributed by atoms with Gasteiger partial charge in [-0.1, -0.05) is 6.92 Å². The van der Waals surface area contributed by atoms with Gasteiger partial charge < -0.3 is 19.7 Å². The topological polar surface area (TPSA) is 54.0 Å². The highest BCUT2D eigenvalue weighted by atomic mass is 16.5. The highest BCUT2D eigenvalue weighted by Gasteiger charge is 2.50. The number of nitrogens with one attached hydrogen (secondary N) is 1. The molecular weight excluding hydrogens is 306 g/mol. The molecule has 0 spiro atoms. The van der Waals surface area contributed by atoms with E-state index in [-0.39, 0.29) is 0 Å². The predicted molar refractivity (Wildman–Crippen MR) is 90.7 cm³/mol. The average molecular weight is 337 g/mol. The van der Waals surface area contributed by atoms with Crippen molar-refractivity contribution in [2.24, 2.45) is 17.8 Å². The summed E-state index contributed by atoms with van der Waals surface area (Å²) in [4.78, 5) is 17.2. The van der Waals surface area contributed by atoms with Gasteiger partial charge in [-0.05, 0) is 30.7 Å². The van der Waals surface area contributed by atoms with Crippen molar-refractivity contribution in [2.45, 2.75) is 31.8 Å². The summed E-state index contributed by atoms with van der Waals surface area (Å²) >= 11 is 0. The summed E-state index contributed by atoms with van der Waals surface area (Å²) in [5.41, 5.74) is 0. The smallest absolute Gasteiger partial charge is 0.223 e. The summed E-state index contributed by atoms with van der Waals surface area (Å²) in [6, 6.07) is 1.00. The number of morpholine rings is 1. The maximum absolute atomic E-state index is 12.6. The lowest BCUT2D eigenvalue weighted by molar-refractivity contribution is -0.129. The highest BCUT2D eigenvalue weighted by Crippen LogP contribution is 2.45.